The number of hydrogen-bond acceptors (Lipinski definition) is 2. The third-order valence-corrected chi connectivity index (χ3v) is 24.6. The van der Waals surface area contributed by atoms with E-state index in [2.05, 4.69) is 0 Å². The molecule has 2 nitrogen and oxygen atoms in total. The maximum atomic E-state index is 15.4. The number of benzene rings is 5. The Morgan fingerprint density at radius 3 is 0.848 bits per heavy atom. The van der Waals surface area contributed by atoms with Gasteiger partial charge in [-0.25, -0.2) is 0 Å². The van der Waals surface area contributed by atoms with Crippen LogP contribution in [-0.4, -0.2) is 18.2 Å². The molecular formula is C30H12Cl10F3O2Sb. The molecule has 0 amide bonds. The van der Waals surface area contributed by atoms with Crippen LogP contribution >= 0.6 is 116 Å². The van der Waals surface area contributed by atoms with Crippen LogP contribution in [0.4, 0.5) is 13.2 Å². The second-order valence-corrected chi connectivity index (χ2v) is 24.1. The van der Waals surface area contributed by atoms with Crippen molar-refractivity contribution in [2.24, 2.45) is 0 Å². The van der Waals surface area contributed by atoms with Crippen LogP contribution in [0.1, 0.15) is 0 Å². The summed E-state index contributed by atoms with van der Waals surface area (Å²) < 4.78 is 59.8. The van der Waals surface area contributed by atoms with E-state index < -0.39 is 47.2 Å². The molecule has 0 saturated heterocycles. The quantitative estimate of drug-likeness (QED) is 0.0920. The third-order valence-electron chi connectivity index (χ3n) is 6.70. The van der Waals surface area contributed by atoms with Crippen LogP contribution in [0.3, 0.4) is 0 Å². The molecule has 5 aromatic carbocycles. The summed E-state index contributed by atoms with van der Waals surface area (Å²) in [5, 5.41) is -3.03. The molecule has 0 aliphatic rings. The van der Waals surface area contributed by atoms with Crippen LogP contribution in [0.25, 0.3) is 0 Å². The number of halogens is 13. The molecule has 5 aromatic rings. The van der Waals surface area contributed by atoms with Gasteiger partial charge in [-0.15, -0.1) is 0 Å². The normalized spacial score (nSPS) is 12.5. The van der Waals surface area contributed by atoms with Gasteiger partial charge in [-0.3, -0.25) is 0 Å². The van der Waals surface area contributed by atoms with Gasteiger partial charge in [0.25, 0.3) is 0 Å². The first kappa shape index (κ1) is 36.5. The second-order valence-electron chi connectivity index (χ2n) is 9.38. The molecule has 0 aliphatic heterocycles. The van der Waals surface area contributed by atoms with E-state index in [0.717, 1.165) is 36.4 Å². The summed E-state index contributed by atoms with van der Waals surface area (Å²) in [5.74, 6) is -3.22. The molecule has 0 aliphatic carbocycles. The van der Waals surface area contributed by atoms with E-state index in [1.54, 1.807) is 0 Å². The molecule has 0 fully saturated rings. The van der Waals surface area contributed by atoms with Crippen molar-refractivity contribution in [3.63, 3.8) is 0 Å². The van der Waals surface area contributed by atoms with Gasteiger partial charge < -0.3 is 0 Å². The zero-order valence-corrected chi connectivity index (χ0v) is 32.2. The van der Waals surface area contributed by atoms with Gasteiger partial charge in [0.2, 0.25) is 0 Å². The van der Waals surface area contributed by atoms with Gasteiger partial charge in [0, 0.05) is 0 Å². The molecule has 240 valence electrons. The molecule has 5 rings (SSSR count). The van der Waals surface area contributed by atoms with Gasteiger partial charge in [0.1, 0.15) is 0 Å². The first-order valence-electron chi connectivity index (χ1n) is 12.4. The molecule has 0 unspecified atom stereocenters. The summed E-state index contributed by atoms with van der Waals surface area (Å²) in [7, 11) is 0. The molecule has 0 aromatic heterocycles. The summed E-state index contributed by atoms with van der Waals surface area (Å²) in [6.45, 7) is 0. The van der Waals surface area contributed by atoms with Crippen molar-refractivity contribution in [1.29, 1.82) is 0 Å². The zero-order chi connectivity index (χ0) is 33.7. The third kappa shape index (κ3) is 6.01. The topological polar surface area (TPSA) is 18.5 Å². The van der Waals surface area contributed by atoms with Crippen molar-refractivity contribution < 1.29 is 19.2 Å². The average molecular weight is 938 g/mol. The molecule has 0 saturated carbocycles. The molecule has 0 N–H and O–H groups in total. The van der Waals surface area contributed by atoms with Crippen molar-refractivity contribution in [2.75, 3.05) is 0 Å². The monoisotopic (exact) mass is 932 g/mol. The van der Waals surface area contributed by atoms with E-state index in [-0.39, 0.29) is 60.8 Å². The Hall–Kier alpha value is -0.792. The van der Waals surface area contributed by atoms with Crippen molar-refractivity contribution in [1.82, 2.24) is 0 Å². The van der Waals surface area contributed by atoms with Crippen molar-refractivity contribution in [3.05, 3.63) is 140 Å². The van der Waals surface area contributed by atoms with Crippen LogP contribution in [0, 0.1) is 17.5 Å². The van der Waals surface area contributed by atoms with Gasteiger partial charge in [0.15, 0.2) is 0 Å². The van der Waals surface area contributed by atoms with Gasteiger partial charge in [-0.1, -0.05) is 0 Å². The number of hydrogen-bond donors (Lipinski definition) is 0. The maximum absolute atomic E-state index is 15.4. The van der Waals surface area contributed by atoms with E-state index in [1.807, 2.05) is 0 Å². The van der Waals surface area contributed by atoms with Crippen molar-refractivity contribution >= 4 is 145 Å². The first-order chi connectivity index (χ1) is 21.6. The van der Waals surface area contributed by atoms with E-state index in [4.69, 9.17) is 122 Å². The average Bonchev–Trinajstić information content (AvgIpc) is 3.04. The SMILES string of the molecule is Fc1ccc[c]([Sb]([O]c2c(Cl)c(Cl)c(Cl)c(Cl)c2Cl)([O]c2c(Cl)c(Cl)c(Cl)c(Cl)c2Cl)([c]2cccc(F)c2)[c]2cccc(F)c2)c1. The fourth-order valence-corrected chi connectivity index (χ4v) is 21.3. The van der Waals surface area contributed by atoms with Gasteiger partial charge in [0.05, 0.1) is 0 Å². The summed E-state index contributed by atoms with van der Waals surface area (Å²) in [5.41, 5.74) is 0. The van der Waals surface area contributed by atoms with Gasteiger partial charge >= 0.3 is 316 Å². The Bertz CT molecular complexity index is 1800. The Morgan fingerprint density at radius 1 is 0.370 bits per heavy atom. The fraction of sp³-hybridized carbons (Fsp3) is 0. The number of rotatable bonds is 7. The minimum atomic E-state index is -7.02. The standard InChI is InChI=1S/2C6HCl5O.3C6H4F.Sb/c2*7-1-2(8)4(10)6(12)5(11)3(1)9;3*7-6-4-2-1-3-5-6;/h2*12H;3*1-2,4-5H;/q;;;;;+2/p-2. The Balaban J connectivity index is 2.13. The summed E-state index contributed by atoms with van der Waals surface area (Å²) in [4.78, 5) is 0. The van der Waals surface area contributed by atoms with Crippen LogP contribution in [0.15, 0.2) is 72.8 Å². The van der Waals surface area contributed by atoms with Crippen LogP contribution in [0.5, 0.6) is 11.5 Å². The second kappa shape index (κ2) is 13.8. The van der Waals surface area contributed by atoms with Crippen molar-refractivity contribution in [3.8, 4) is 11.5 Å². The van der Waals surface area contributed by atoms with Crippen LogP contribution in [0.2, 0.25) is 50.2 Å². The van der Waals surface area contributed by atoms with E-state index in [1.165, 1.54) is 36.4 Å². The van der Waals surface area contributed by atoms with E-state index >= 15 is 13.2 Å². The molecule has 16 heteroatoms. The molecule has 0 radical (unpaired) electrons. The van der Waals surface area contributed by atoms with Crippen LogP contribution < -0.4 is 16.6 Å². The molecule has 0 bridgehead atoms. The van der Waals surface area contributed by atoms with Gasteiger partial charge in [-0.05, 0) is 0 Å². The molecule has 46 heavy (non-hydrogen) atoms. The predicted molar refractivity (Wildman–Crippen MR) is 188 cm³/mol. The molecule has 0 spiro atoms. The zero-order valence-electron chi connectivity index (χ0n) is 22.1. The van der Waals surface area contributed by atoms with Crippen molar-refractivity contribution in [2.45, 2.75) is 0 Å². The summed E-state index contributed by atoms with van der Waals surface area (Å²) >= 11 is 58.1. The van der Waals surface area contributed by atoms with Gasteiger partial charge in [-0.2, -0.15) is 0 Å². The predicted octanol–water partition coefficient (Wildman–Crippen LogP) is 12.2. The Morgan fingerprint density at radius 2 is 0.609 bits per heavy atom. The van der Waals surface area contributed by atoms with E-state index in [0.29, 0.717) is 0 Å². The first-order valence-corrected chi connectivity index (χ1v) is 22.1. The molecule has 0 atom stereocenters. The summed E-state index contributed by atoms with van der Waals surface area (Å²) in [6.07, 6.45) is 0. The summed E-state index contributed by atoms with van der Waals surface area (Å²) in [6, 6.07) is 14.8. The van der Waals surface area contributed by atoms with Crippen LogP contribution in [-0.2, 0) is 0 Å². The minimum absolute atomic E-state index is 0.0624. The van der Waals surface area contributed by atoms with E-state index in [9.17, 15) is 0 Å². The Labute approximate surface area is 312 Å². The fourth-order valence-electron chi connectivity index (χ4n) is 4.65. The molecule has 0 heterocycles. The molecular weight excluding hydrogens is 926 g/mol. The Kier molecular flexibility index (Phi) is 11.0.